The van der Waals surface area contributed by atoms with Crippen LogP contribution in [0.5, 0.6) is 0 Å². The lowest BCUT2D eigenvalue weighted by Crippen LogP contribution is -2.58. The number of cyclic esters (lactones) is 2. The van der Waals surface area contributed by atoms with Gasteiger partial charge in [-0.2, -0.15) is 5.10 Å². The second-order valence-electron chi connectivity index (χ2n) is 8.65. The minimum atomic E-state index is -1.78. The number of rotatable bonds is 2. The van der Waals surface area contributed by atoms with Crippen LogP contribution in [0.15, 0.2) is 59.7 Å². The summed E-state index contributed by atoms with van der Waals surface area (Å²) in [6.45, 7) is 4.50. The molecule has 0 N–H and O–H groups in total. The highest BCUT2D eigenvalue weighted by molar-refractivity contribution is 6.07. The Labute approximate surface area is 179 Å². The minimum absolute atomic E-state index is 0.197. The molecule has 3 aliphatic rings. The minimum Gasteiger partial charge on any atom is -0.422 e. The lowest BCUT2D eigenvalue weighted by atomic mass is 9.65. The quantitative estimate of drug-likeness (QED) is 0.551. The van der Waals surface area contributed by atoms with Crippen molar-refractivity contribution >= 4 is 23.9 Å². The topological polar surface area (TPSA) is 85.3 Å². The average Bonchev–Trinajstić information content (AvgIpc) is 3.05. The van der Waals surface area contributed by atoms with Gasteiger partial charge in [-0.25, -0.2) is 0 Å². The molecule has 31 heavy (non-hydrogen) atoms. The molecule has 7 heteroatoms. The molecule has 0 bridgehead atoms. The van der Waals surface area contributed by atoms with E-state index >= 15 is 0 Å². The number of carbonyl (C=O) groups is 3. The smallest absolute Gasteiger partial charge is 0.330 e. The van der Waals surface area contributed by atoms with Crippen molar-refractivity contribution in [2.75, 3.05) is 0 Å². The number of Topliss-reactive ketones (excluding diaryl/α,β-unsaturated/α-hetero) is 1. The fourth-order valence-electron chi connectivity index (χ4n) is 5.20. The van der Waals surface area contributed by atoms with Gasteiger partial charge in [0, 0.05) is 19.8 Å². The van der Waals surface area contributed by atoms with Crippen LogP contribution >= 0.6 is 0 Å². The second kappa shape index (κ2) is 6.51. The van der Waals surface area contributed by atoms with Crippen LogP contribution < -0.4 is 0 Å². The first-order valence-electron chi connectivity index (χ1n) is 10.2. The first kappa shape index (κ1) is 19.5. The third kappa shape index (κ3) is 2.59. The maximum atomic E-state index is 13.7. The molecule has 0 aliphatic carbocycles. The van der Waals surface area contributed by atoms with E-state index in [2.05, 4.69) is 5.10 Å². The van der Waals surface area contributed by atoms with E-state index in [1.54, 1.807) is 11.2 Å². The largest absolute Gasteiger partial charge is 0.422 e. The summed E-state index contributed by atoms with van der Waals surface area (Å²) in [5.41, 5.74) is 0.417. The van der Waals surface area contributed by atoms with Gasteiger partial charge in [0.1, 0.15) is 12.1 Å². The predicted octanol–water partition coefficient (Wildman–Crippen LogP) is 2.95. The van der Waals surface area contributed by atoms with Crippen molar-refractivity contribution < 1.29 is 23.9 Å². The lowest BCUT2D eigenvalue weighted by molar-refractivity contribution is -0.254. The number of carbonyl (C=O) groups excluding carboxylic acids is 3. The zero-order chi connectivity index (χ0) is 22.0. The number of ketones is 1. The molecule has 158 valence electrons. The third-order valence-electron chi connectivity index (χ3n) is 6.34. The molecular weight excluding hydrogens is 396 g/mol. The Balaban J connectivity index is 1.83. The number of ether oxygens (including phenoxy) is 2. The van der Waals surface area contributed by atoms with Crippen LogP contribution in [-0.4, -0.2) is 40.8 Å². The Hall–Kier alpha value is -3.48. The standard InChI is InChI=1S/C24H22N2O5/c1-14(27)19-18(15-9-5-4-6-10-15)24(21(28)30-23(2,3)31-22(24)29)20-17-12-8-7-11-16(17)13-25-26(19)20/h4-13,18-20H,1-3H3/t18-,19+,20+/m0/s1. The Morgan fingerprint density at radius 1 is 0.968 bits per heavy atom. The molecule has 0 unspecified atom stereocenters. The van der Waals surface area contributed by atoms with Crippen molar-refractivity contribution in [1.82, 2.24) is 5.01 Å². The first-order chi connectivity index (χ1) is 14.8. The number of hydrogen-bond acceptors (Lipinski definition) is 7. The number of hydrogen-bond donors (Lipinski definition) is 0. The number of esters is 2. The summed E-state index contributed by atoms with van der Waals surface area (Å²) in [6, 6.07) is 14.9. The molecule has 2 aromatic rings. The van der Waals surface area contributed by atoms with Gasteiger partial charge in [-0.05, 0) is 23.6 Å². The number of fused-ring (bicyclic) bond motifs is 4. The molecule has 5 rings (SSSR count). The summed E-state index contributed by atoms with van der Waals surface area (Å²) in [5.74, 6) is -3.81. The van der Waals surface area contributed by atoms with E-state index in [0.29, 0.717) is 5.56 Å². The van der Waals surface area contributed by atoms with Gasteiger partial charge in [-0.1, -0.05) is 54.6 Å². The molecule has 1 spiro atoms. The molecule has 2 fully saturated rings. The van der Waals surface area contributed by atoms with E-state index in [9.17, 15) is 14.4 Å². The fraction of sp³-hybridized carbons (Fsp3) is 0.333. The van der Waals surface area contributed by atoms with Crippen molar-refractivity contribution in [2.45, 2.75) is 44.6 Å². The highest BCUT2D eigenvalue weighted by Gasteiger charge is 2.74. The van der Waals surface area contributed by atoms with Gasteiger partial charge < -0.3 is 9.47 Å². The van der Waals surface area contributed by atoms with Crippen molar-refractivity contribution in [3.63, 3.8) is 0 Å². The van der Waals surface area contributed by atoms with Crippen LogP contribution in [0.3, 0.4) is 0 Å². The molecule has 0 aromatic heterocycles. The summed E-state index contributed by atoms with van der Waals surface area (Å²) < 4.78 is 11.3. The van der Waals surface area contributed by atoms with Crippen molar-refractivity contribution in [3.05, 3.63) is 71.3 Å². The van der Waals surface area contributed by atoms with Gasteiger partial charge in [0.2, 0.25) is 5.41 Å². The van der Waals surface area contributed by atoms with Crippen molar-refractivity contribution in [1.29, 1.82) is 0 Å². The molecule has 3 aliphatic heterocycles. The molecular formula is C24H22N2O5. The van der Waals surface area contributed by atoms with Crippen LogP contribution in [0.4, 0.5) is 0 Å². The van der Waals surface area contributed by atoms with Crippen molar-refractivity contribution in [2.24, 2.45) is 10.5 Å². The van der Waals surface area contributed by atoms with E-state index in [0.717, 1.165) is 11.1 Å². The predicted molar refractivity (Wildman–Crippen MR) is 111 cm³/mol. The Morgan fingerprint density at radius 3 is 2.23 bits per heavy atom. The first-order valence-corrected chi connectivity index (χ1v) is 10.2. The highest BCUT2D eigenvalue weighted by atomic mass is 16.7. The van der Waals surface area contributed by atoms with E-state index in [4.69, 9.17) is 9.47 Å². The van der Waals surface area contributed by atoms with Gasteiger partial charge in [-0.15, -0.1) is 0 Å². The number of benzene rings is 2. The maximum Gasteiger partial charge on any atom is 0.330 e. The maximum absolute atomic E-state index is 13.7. The van der Waals surface area contributed by atoms with E-state index in [-0.39, 0.29) is 5.78 Å². The van der Waals surface area contributed by atoms with E-state index in [1.165, 1.54) is 20.8 Å². The Kier molecular flexibility index (Phi) is 4.09. The summed E-state index contributed by atoms with van der Waals surface area (Å²) >= 11 is 0. The lowest BCUT2D eigenvalue weighted by Gasteiger charge is -2.44. The van der Waals surface area contributed by atoms with Gasteiger partial charge >= 0.3 is 11.9 Å². The molecule has 0 amide bonds. The Morgan fingerprint density at radius 2 is 1.58 bits per heavy atom. The Bertz CT molecular complexity index is 1100. The van der Waals surface area contributed by atoms with Crippen LogP contribution in [0.1, 0.15) is 49.4 Å². The summed E-state index contributed by atoms with van der Waals surface area (Å²) in [5, 5.41) is 6.12. The second-order valence-corrected chi connectivity index (χ2v) is 8.65. The summed E-state index contributed by atoms with van der Waals surface area (Å²) in [6.07, 6.45) is 1.66. The van der Waals surface area contributed by atoms with Gasteiger partial charge in [0.05, 0.1) is 6.21 Å². The fourth-order valence-corrected chi connectivity index (χ4v) is 5.20. The van der Waals surface area contributed by atoms with Crippen LogP contribution in [-0.2, 0) is 23.9 Å². The van der Waals surface area contributed by atoms with Crippen molar-refractivity contribution in [3.8, 4) is 0 Å². The molecule has 7 nitrogen and oxygen atoms in total. The van der Waals surface area contributed by atoms with Crippen LogP contribution in [0.25, 0.3) is 0 Å². The van der Waals surface area contributed by atoms with E-state index in [1.807, 2.05) is 54.6 Å². The van der Waals surface area contributed by atoms with Gasteiger partial charge in [-0.3, -0.25) is 19.4 Å². The van der Waals surface area contributed by atoms with Crippen LogP contribution in [0, 0.1) is 5.41 Å². The van der Waals surface area contributed by atoms with Gasteiger partial charge in [0.25, 0.3) is 5.79 Å². The third-order valence-corrected chi connectivity index (χ3v) is 6.34. The SMILES string of the molecule is CC(=O)[C@@H]1[C@H](c2ccccc2)C2(C(=O)OC(C)(C)OC2=O)[C@H]2c3ccccc3C=NN12. The normalized spacial score (nSPS) is 27.3. The van der Waals surface area contributed by atoms with E-state index < -0.39 is 41.1 Å². The molecule has 0 radical (unpaired) electrons. The zero-order valence-electron chi connectivity index (χ0n) is 17.4. The summed E-state index contributed by atoms with van der Waals surface area (Å²) in [4.78, 5) is 40.4. The number of nitrogens with zero attached hydrogens (tertiary/aromatic N) is 2. The summed E-state index contributed by atoms with van der Waals surface area (Å²) in [7, 11) is 0. The van der Waals surface area contributed by atoms with Crippen LogP contribution in [0.2, 0.25) is 0 Å². The number of hydrazone groups is 1. The molecule has 0 saturated carbocycles. The zero-order valence-corrected chi connectivity index (χ0v) is 17.4. The molecule has 3 atom stereocenters. The monoisotopic (exact) mass is 418 g/mol. The molecule has 2 saturated heterocycles. The molecule has 3 heterocycles. The highest BCUT2D eigenvalue weighted by Crippen LogP contribution is 2.62. The van der Waals surface area contributed by atoms with Gasteiger partial charge in [0.15, 0.2) is 5.78 Å². The average molecular weight is 418 g/mol. The molecule has 2 aromatic carbocycles.